The molecule has 1 aromatic rings. The Morgan fingerprint density at radius 2 is 2.04 bits per heavy atom. The summed E-state index contributed by atoms with van der Waals surface area (Å²) in [7, 11) is 1.70. The van der Waals surface area contributed by atoms with Gasteiger partial charge in [-0.3, -0.25) is 0 Å². The van der Waals surface area contributed by atoms with E-state index in [1.54, 1.807) is 14.0 Å². The molecular weight excluding hydrogens is 352 g/mol. The van der Waals surface area contributed by atoms with E-state index in [-0.39, 0.29) is 12.6 Å². The van der Waals surface area contributed by atoms with Crippen LogP contribution in [0.2, 0.25) is 0 Å². The molecule has 1 atom stereocenters. The van der Waals surface area contributed by atoms with Crippen LogP contribution in [0.25, 0.3) is 0 Å². The molecule has 1 heterocycles. The average molecular weight is 385 g/mol. The Bertz CT molecular complexity index is 580. The summed E-state index contributed by atoms with van der Waals surface area (Å²) in [5.74, 6) is 0.599. The fourth-order valence-electron chi connectivity index (χ4n) is 2.01. The number of ether oxygens (including phenoxy) is 1. The second-order valence-corrected chi connectivity index (χ2v) is 8.22. The van der Waals surface area contributed by atoms with Gasteiger partial charge in [0.1, 0.15) is 11.2 Å². The van der Waals surface area contributed by atoms with E-state index in [0.29, 0.717) is 25.6 Å². The normalized spacial score (nSPS) is 14.5. The van der Waals surface area contributed by atoms with Crippen molar-refractivity contribution < 1.29 is 14.6 Å². The zero-order valence-corrected chi connectivity index (χ0v) is 17.4. The van der Waals surface area contributed by atoms with Gasteiger partial charge in [-0.15, -0.1) is 11.3 Å². The van der Waals surface area contributed by atoms with Gasteiger partial charge < -0.3 is 25.4 Å². The number of nitrogens with zero attached hydrogens (tertiary/aromatic N) is 2. The molecule has 1 unspecified atom stereocenters. The molecular formula is C18H32N4O3S. The lowest BCUT2D eigenvalue weighted by Gasteiger charge is -2.25. The lowest BCUT2D eigenvalue weighted by molar-refractivity contribution is 0.0302. The fraction of sp³-hybridized carbons (Fsp3) is 0.667. The molecule has 8 heteroatoms. The summed E-state index contributed by atoms with van der Waals surface area (Å²) in [4.78, 5) is 18.8. The second kappa shape index (κ2) is 9.78. The number of nitrogens with one attached hydrogen (secondary N) is 2. The van der Waals surface area contributed by atoms with Crippen LogP contribution in [0.1, 0.15) is 39.5 Å². The highest BCUT2D eigenvalue weighted by atomic mass is 32.1. The van der Waals surface area contributed by atoms with Crippen molar-refractivity contribution in [3.8, 4) is 0 Å². The van der Waals surface area contributed by atoms with Gasteiger partial charge in [-0.1, -0.05) is 6.07 Å². The summed E-state index contributed by atoms with van der Waals surface area (Å²) in [5, 5.41) is 18.8. The van der Waals surface area contributed by atoms with Gasteiger partial charge in [-0.2, -0.15) is 0 Å². The van der Waals surface area contributed by atoms with E-state index in [1.807, 2.05) is 45.2 Å². The summed E-state index contributed by atoms with van der Waals surface area (Å²) < 4.78 is 5.32. The number of guanidine groups is 1. The Balaban J connectivity index is 2.53. The molecule has 0 spiro atoms. The fourth-order valence-corrected chi connectivity index (χ4v) is 2.79. The third-order valence-corrected chi connectivity index (χ3v) is 4.51. The molecule has 0 saturated heterocycles. The minimum atomic E-state index is -1.01. The molecule has 1 rings (SSSR count). The molecule has 0 aliphatic heterocycles. The first kappa shape index (κ1) is 22.2. The van der Waals surface area contributed by atoms with Gasteiger partial charge in [-0.05, 0) is 46.1 Å². The van der Waals surface area contributed by atoms with Gasteiger partial charge in [0.25, 0.3) is 0 Å². The van der Waals surface area contributed by atoms with Crippen LogP contribution in [0.5, 0.6) is 0 Å². The molecule has 0 aliphatic carbocycles. The zero-order valence-electron chi connectivity index (χ0n) is 16.6. The largest absolute Gasteiger partial charge is 0.444 e. The Kier molecular flexibility index (Phi) is 8.36. The predicted octanol–water partition coefficient (Wildman–Crippen LogP) is 2.38. The number of hydrogen-bond donors (Lipinski definition) is 3. The van der Waals surface area contributed by atoms with Crippen LogP contribution in [0.3, 0.4) is 0 Å². The number of thiophene rings is 1. The highest BCUT2D eigenvalue weighted by Crippen LogP contribution is 2.25. The summed E-state index contributed by atoms with van der Waals surface area (Å²) in [6.45, 7) is 11.2. The predicted molar refractivity (Wildman–Crippen MR) is 107 cm³/mol. The van der Waals surface area contributed by atoms with Crippen molar-refractivity contribution in [2.45, 2.75) is 45.8 Å². The van der Waals surface area contributed by atoms with Crippen molar-refractivity contribution in [3.05, 3.63) is 22.4 Å². The standard InChI is InChI=1S/C18H32N4O3S/c1-7-19-15(21-13-18(5,24)14-9-8-12-26-14)20-10-11-22(6)16(23)25-17(2,3)4/h8-9,12,24H,7,10-11,13H2,1-6H3,(H2,19,20,21). The molecule has 7 nitrogen and oxygen atoms in total. The Morgan fingerprint density at radius 1 is 1.35 bits per heavy atom. The number of aliphatic imine (C=N–C) groups is 1. The zero-order chi connectivity index (χ0) is 19.8. The average Bonchev–Trinajstić information content (AvgIpc) is 3.06. The number of hydrogen-bond acceptors (Lipinski definition) is 5. The van der Waals surface area contributed by atoms with E-state index in [4.69, 9.17) is 4.74 Å². The van der Waals surface area contributed by atoms with Crippen molar-refractivity contribution >= 4 is 23.4 Å². The third kappa shape index (κ3) is 8.05. The van der Waals surface area contributed by atoms with Crippen LogP contribution in [-0.4, -0.2) is 60.9 Å². The molecule has 1 amide bonds. The van der Waals surface area contributed by atoms with Crippen LogP contribution >= 0.6 is 11.3 Å². The van der Waals surface area contributed by atoms with Crippen LogP contribution in [0.15, 0.2) is 22.5 Å². The highest BCUT2D eigenvalue weighted by molar-refractivity contribution is 7.10. The summed E-state index contributed by atoms with van der Waals surface area (Å²) in [6.07, 6.45) is -0.359. The maximum Gasteiger partial charge on any atom is 0.410 e. The Morgan fingerprint density at radius 3 is 2.58 bits per heavy atom. The van der Waals surface area contributed by atoms with E-state index >= 15 is 0 Å². The van der Waals surface area contributed by atoms with Gasteiger partial charge in [-0.25, -0.2) is 9.79 Å². The quantitative estimate of drug-likeness (QED) is 0.496. The Labute approximate surface area is 160 Å². The van der Waals surface area contributed by atoms with Crippen molar-refractivity contribution in [2.24, 2.45) is 4.99 Å². The first-order valence-corrected chi connectivity index (χ1v) is 9.66. The second-order valence-electron chi connectivity index (χ2n) is 7.27. The third-order valence-electron chi connectivity index (χ3n) is 3.39. The van der Waals surface area contributed by atoms with Crippen molar-refractivity contribution in [1.82, 2.24) is 15.5 Å². The summed E-state index contributed by atoms with van der Waals surface area (Å²) in [5.41, 5.74) is -1.52. The van der Waals surface area contributed by atoms with E-state index in [2.05, 4.69) is 15.6 Å². The van der Waals surface area contributed by atoms with Crippen LogP contribution in [-0.2, 0) is 10.3 Å². The number of carbonyl (C=O) groups excluding carboxylic acids is 1. The lowest BCUT2D eigenvalue weighted by atomic mass is 10.1. The topological polar surface area (TPSA) is 86.2 Å². The van der Waals surface area contributed by atoms with E-state index < -0.39 is 11.2 Å². The van der Waals surface area contributed by atoms with Gasteiger partial charge >= 0.3 is 6.09 Å². The molecule has 3 N–H and O–H groups in total. The first-order valence-electron chi connectivity index (χ1n) is 8.78. The Hall–Kier alpha value is -1.80. The number of amides is 1. The maximum absolute atomic E-state index is 11.9. The van der Waals surface area contributed by atoms with Gasteiger partial charge in [0, 0.05) is 31.6 Å². The van der Waals surface area contributed by atoms with Crippen LogP contribution < -0.4 is 10.6 Å². The van der Waals surface area contributed by atoms with Gasteiger partial charge in [0.15, 0.2) is 5.96 Å². The van der Waals surface area contributed by atoms with Crippen LogP contribution in [0, 0.1) is 0 Å². The minimum Gasteiger partial charge on any atom is -0.444 e. The molecule has 0 saturated carbocycles. The molecule has 0 aromatic carbocycles. The van der Waals surface area contributed by atoms with E-state index in [9.17, 15) is 9.90 Å². The number of rotatable bonds is 7. The smallest absolute Gasteiger partial charge is 0.410 e. The minimum absolute atomic E-state index is 0.241. The van der Waals surface area contributed by atoms with E-state index in [0.717, 1.165) is 4.88 Å². The molecule has 148 valence electrons. The van der Waals surface area contributed by atoms with Gasteiger partial charge in [0.05, 0.1) is 6.54 Å². The molecule has 1 aromatic heterocycles. The molecule has 0 bridgehead atoms. The maximum atomic E-state index is 11.9. The SMILES string of the molecule is CCNC(=NCC(C)(O)c1cccs1)NCCN(C)C(=O)OC(C)(C)C. The number of likely N-dealkylation sites (N-methyl/N-ethyl adjacent to an activating group) is 1. The lowest BCUT2D eigenvalue weighted by Crippen LogP contribution is -2.43. The molecule has 0 radical (unpaired) electrons. The molecule has 26 heavy (non-hydrogen) atoms. The van der Waals surface area contributed by atoms with E-state index in [1.165, 1.54) is 16.2 Å². The van der Waals surface area contributed by atoms with Crippen molar-refractivity contribution in [1.29, 1.82) is 0 Å². The van der Waals surface area contributed by atoms with Crippen LogP contribution in [0.4, 0.5) is 4.79 Å². The van der Waals surface area contributed by atoms with Crippen molar-refractivity contribution in [2.75, 3.05) is 33.2 Å². The summed E-state index contributed by atoms with van der Waals surface area (Å²) in [6, 6.07) is 3.81. The monoisotopic (exact) mass is 384 g/mol. The molecule has 0 fully saturated rings. The number of aliphatic hydroxyl groups is 1. The van der Waals surface area contributed by atoms with Crippen molar-refractivity contribution in [3.63, 3.8) is 0 Å². The first-order chi connectivity index (χ1) is 12.0. The summed E-state index contributed by atoms with van der Waals surface area (Å²) >= 11 is 1.51. The highest BCUT2D eigenvalue weighted by Gasteiger charge is 2.24. The number of carbonyl (C=O) groups is 1. The van der Waals surface area contributed by atoms with Gasteiger partial charge in [0.2, 0.25) is 0 Å². The molecule has 0 aliphatic rings.